The largest absolute Gasteiger partial charge is 0.417 e. The molecule has 0 atom stereocenters. The van der Waals surface area contributed by atoms with Crippen LogP contribution < -0.4 is 16.0 Å². The highest BCUT2D eigenvalue weighted by Gasteiger charge is 2.30. The SMILES string of the molecule is CN=C(NCCCNc1ccc(C(F)(F)F)cn1)NC(C)(C)C. The van der Waals surface area contributed by atoms with Crippen LogP contribution in [0, 0.1) is 0 Å². The fourth-order valence-electron chi connectivity index (χ4n) is 1.71. The normalized spacial score (nSPS) is 12.9. The van der Waals surface area contributed by atoms with Gasteiger partial charge >= 0.3 is 6.18 Å². The third-order valence-electron chi connectivity index (χ3n) is 2.76. The maximum absolute atomic E-state index is 12.4. The molecule has 0 fully saturated rings. The van der Waals surface area contributed by atoms with Crippen molar-refractivity contribution < 1.29 is 13.2 Å². The predicted molar refractivity (Wildman–Crippen MR) is 86.6 cm³/mol. The average molecular weight is 331 g/mol. The van der Waals surface area contributed by atoms with Crippen LogP contribution in [0.1, 0.15) is 32.8 Å². The Balaban J connectivity index is 2.30. The first-order valence-corrected chi connectivity index (χ1v) is 7.38. The smallest absolute Gasteiger partial charge is 0.370 e. The number of rotatable bonds is 5. The van der Waals surface area contributed by atoms with Crippen molar-refractivity contribution in [3.63, 3.8) is 0 Å². The van der Waals surface area contributed by atoms with E-state index in [4.69, 9.17) is 0 Å². The molecule has 0 saturated heterocycles. The summed E-state index contributed by atoms with van der Waals surface area (Å²) < 4.78 is 37.2. The van der Waals surface area contributed by atoms with Crippen LogP contribution in [-0.4, -0.2) is 36.6 Å². The van der Waals surface area contributed by atoms with Gasteiger partial charge in [0.1, 0.15) is 5.82 Å². The molecule has 0 bridgehead atoms. The summed E-state index contributed by atoms with van der Waals surface area (Å²) in [5.41, 5.74) is -0.827. The first-order valence-electron chi connectivity index (χ1n) is 7.38. The van der Waals surface area contributed by atoms with Gasteiger partial charge in [-0.1, -0.05) is 0 Å². The van der Waals surface area contributed by atoms with Crippen LogP contribution in [0.4, 0.5) is 19.0 Å². The predicted octanol–water partition coefficient (Wildman–Crippen LogP) is 2.87. The summed E-state index contributed by atoms with van der Waals surface area (Å²) in [4.78, 5) is 7.87. The molecular weight excluding hydrogens is 307 g/mol. The zero-order chi connectivity index (χ0) is 17.5. The van der Waals surface area contributed by atoms with Gasteiger partial charge in [0.05, 0.1) is 5.56 Å². The van der Waals surface area contributed by atoms with Gasteiger partial charge in [0.25, 0.3) is 0 Å². The molecule has 0 spiro atoms. The fourth-order valence-corrected chi connectivity index (χ4v) is 1.71. The molecule has 0 amide bonds. The Morgan fingerprint density at radius 1 is 1.17 bits per heavy atom. The number of hydrogen-bond acceptors (Lipinski definition) is 3. The molecule has 3 N–H and O–H groups in total. The summed E-state index contributed by atoms with van der Waals surface area (Å²) in [6, 6.07) is 2.35. The second-order valence-electron chi connectivity index (χ2n) is 6.08. The standard InChI is InChI=1S/C15H24F3N5/c1-14(2,3)23-13(19-4)21-9-5-8-20-12-7-6-11(10-22-12)15(16,17)18/h6-7,10H,5,8-9H2,1-4H3,(H,20,22)(H2,19,21,23). The molecule has 0 aromatic carbocycles. The van der Waals surface area contributed by atoms with Gasteiger partial charge in [0.15, 0.2) is 5.96 Å². The number of nitrogens with one attached hydrogen (secondary N) is 3. The molecule has 0 aliphatic heterocycles. The first-order chi connectivity index (χ1) is 10.6. The zero-order valence-corrected chi connectivity index (χ0v) is 13.9. The lowest BCUT2D eigenvalue weighted by atomic mass is 10.1. The maximum atomic E-state index is 12.4. The zero-order valence-electron chi connectivity index (χ0n) is 13.9. The van der Waals surface area contributed by atoms with E-state index in [0.717, 1.165) is 18.7 Å². The van der Waals surface area contributed by atoms with Crippen molar-refractivity contribution in [3.05, 3.63) is 23.9 Å². The number of nitrogens with zero attached hydrogens (tertiary/aromatic N) is 2. The second-order valence-corrected chi connectivity index (χ2v) is 6.08. The Hall–Kier alpha value is -1.99. The van der Waals surface area contributed by atoms with Gasteiger partial charge in [-0.15, -0.1) is 0 Å². The van der Waals surface area contributed by atoms with E-state index >= 15 is 0 Å². The van der Waals surface area contributed by atoms with E-state index in [1.165, 1.54) is 6.07 Å². The molecule has 0 unspecified atom stereocenters. The van der Waals surface area contributed by atoms with Gasteiger partial charge in [-0.05, 0) is 39.3 Å². The van der Waals surface area contributed by atoms with E-state index in [2.05, 4.69) is 25.9 Å². The maximum Gasteiger partial charge on any atom is 0.417 e. The number of guanidine groups is 1. The highest BCUT2D eigenvalue weighted by atomic mass is 19.4. The molecule has 1 aromatic rings. The summed E-state index contributed by atoms with van der Waals surface area (Å²) in [5, 5.41) is 9.39. The number of anilines is 1. The van der Waals surface area contributed by atoms with E-state index in [0.29, 0.717) is 24.9 Å². The number of alkyl halides is 3. The van der Waals surface area contributed by atoms with Crippen molar-refractivity contribution in [1.29, 1.82) is 0 Å². The Morgan fingerprint density at radius 2 is 1.87 bits per heavy atom. The van der Waals surface area contributed by atoms with Crippen LogP contribution in [0.25, 0.3) is 0 Å². The first kappa shape index (κ1) is 19.1. The van der Waals surface area contributed by atoms with Crippen molar-refractivity contribution in [2.45, 2.75) is 38.9 Å². The van der Waals surface area contributed by atoms with E-state index < -0.39 is 11.7 Å². The van der Waals surface area contributed by atoms with Gasteiger partial charge in [0, 0.05) is 31.9 Å². The molecule has 0 saturated carbocycles. The third-order valence-corrected chi connectivity index (χ3v) is 2.76. The Kier molecular flexibility index (Phi) is 6.65. The van der Waals surface area contributed by atoms with Crippen molar-refractivity contribution in [1.82, 2.24) is 15.6 Å². The van der Waals surface area contributed by atoms with Crippen molar-refractivity contribution in [2.24, 2.45) is 4.99 Å². The van der Waals surface area contributed by atoms with Crippen molar-refractivity contribution in [3.8, 4) is 0 Å². The molecule has 0 aliphatic carbocycles. The number of halogens is 3. The molecule has 8 heteroatoms. The topological polar surface area (TPSA) is 61.3 Å². The van der Waals surface area contributed by atoms with E-state index in [1.807, 2.05) is 20.8 Å². The minimum Gasteiger partial charge on any atom is -0.370 e. The Morgan fingerprint density at radius 3 is 2.35 bits per heavy atom. The second kappa shape index (κ2) is 8.03. The highest BCUT2D eigenvalue weighted by molar-refractivity contribution is 5.80. The number of aromatic nitrogens is 1. The Bertz CT molecular complexity index is 503. The third kappa shape index (κ3) is 7.71. The van der Waals surface area contributed by atoms with Crippen LogP contribution in [-0.2, 0) is 6.18 Å². The minimum atomic E-state index is -4.36. The number of pyridine rings is 1. The summed E-state index contributed by atoms with van der Waals surface area (Å²) in [7, 11) is 1.70. The van der Waals surface area contributed by atoms with E-state index in [9.17, 15) is 13.2 Å². The summed E-state index contributed by atoms with van der Waals surface area (Å²) in [6.45, 7) is 7.40. The number of aliphatic imine (C=N–C) groups is 1. The van der Waals surface area contributed by atoms with Crippen LogP contribution in [0.15, 0.2) is 23.3 Å². The molecule has 1 aromatic heterocycles. The van der Waals surface area contributed by atoms with Crippen molar-refractivity contribution in [2.75, 3.05) is 25.5 Å². The van der Waals surface area contributed by atoms with E-state index in [-0.39, 0.29) is 5.54 Å². The lowest BCUT2D eigenvalue weighted by Gasteiger charge is -2.23. The van der Waals surface area contributed by atoms with Gasteiger partial charge in [-0.3, -0.25) is 4.99 Å². The lowest BCUT2D eigenvalue weighted by Crippen LogP contribution is -2.47. The number of hydrogen-bond donors (Lipinski definition) is 3. The summed E-state index contributed by atoms with van der Waals surface area (Å²) >= 11 is 0. The molecule has 130 valence electrons. The van der Waals surface area contributed by atoms with Gasteiger partial charge < -0.3 is 16.0 Å². The molecule has 0 aliphatic rings. The fraction of sp³-hybridized carbons (Fsp3) is 0.600. The van der Waals surface area contributed by atoms with Crippen LogP contribution in [0.5, 0.6) is 0 Å². The highest BCUT2D eigenvalue weighted by Crippen LogP contribution is 2.28. The average Bonchev–Trinajstić information content (AvgIpc) is 2.44. The molecule has 5 nitrogen and oxygen atoms in total. The molecular formula is C15H24F3N5. The summed E-state index contributed by atoms with van der Waals surface area (Å²) in [5.74, 6) is 1.14. The van der Waals surface area contributed by atoms with Crippen molar-refractivity contribution >= 4 is 11.8 Å². The van der Waals surface area contributed by atoms with Gasteiger partial charge in [-0.25, -0.2) is 4.98 Å². The van der Waals surface area contributed by atoms with Gasteiger partial charge in [-0.2, -0.15) is 13.2 Å². The molecule has 23 heavy (non-hydrogen) atoms. The minimum absolute atomic E-state index is 0.0791. The lowest BCUT2D eigenvalue weighted by molar-refractivity contribution is -0.137. The van der Waals surface area contributed by atoms with Crippen LogP contribution in [0.3, 0.4) is 0 Å². The molecule has 0 radical (unpaired) electrons. The Labute approximate surface area is 134 Å². The molecule has 1 heterocycles. The monoisotopic (exact) mass is 331 g/mol. The van der Waals surface area contributed by atoms with Crippen LogP contribution in [0.2, 0.25) is 0 Å². The quantitative estimate of drug-likeness (QED) is 0.441. The van der Waals surface area contributed by atoms with Gasteiger partial charge in [0.2, 0.25) is 0 Å². The van der Waals surface area contributed by atoms with E-state index in [1.54, 1.807) is 7.05 Å². The summed E-state index contributed by atoms with van der Waals surface area (Å²) in [6.07, 6.45) is -2.76. The van der Waals surface area contributed by atoms with Crippen LogP contribution >= 0.6 is 0 Å². The molecule has 1 rings (SSSR count).